The number of carbonyl (C=O) groups excluding carboxylic acids is 1. The zero-order valence-corrected chi connectivity index (χ0v) is 14.0. The molecule has 0 bridgehead atoms. The molecule has 20 heavy (non-hydrogen) atoms. The fourth-order valence-electron chi connectivity index (χ4n) is 2.11. The lowest BCUT2D eigenvalue weighted by Gasteiger charge is -2.36. The number of hydrogen-bond donors (Lipinski definition) is 1. The zero-order chi connectivity index (χ0) is 14.4. The number of carbonyl (C=O) groups is 1. The van der Waals surface area contributed by atoms with E-state index in [1.54, 1.807) is 0 Å². The quantitative estimate of drug-likeness (QED) is 0.794. The van der Waals surface area contributed by atoms with Crippen LogP contribution in [0.1, 0.15) is 27.7 Å². The molecule has 1 atom stereocenters. The minimum Gasteiger partial charge on any atom is -0.377 e. The zero-order valence-electron chi connectivity index (χ0n) is 13.2. The average Bonchev–Trinajstić information content (AvgIpc) is 2.37. The molecule has 1 saturated heterocycles. The summed E-state index contributed by atoms with van der Waals surface area (Å²) in [6, 6.07) is -0.365. The number of amides is 1. The van der Waals surface area contributed by atoms with Crippen molar-refractivity contribution in [1.82, 2.24) is 9.80 Å². The van der Waals surface area contributed by atoms with Crippen molar-refractivity contribution in [3.8, 4) is 0 Å². The Hall–Kier alpha value is -0.360. The maximum atomic E-state index is 12.1. The minimum absolute atomic E-state index is 0. The molecule has 1 aliphatic rings. The monoisotopic (exact) mass is 307 g/mol. The first-order valence-corrected chi connectivity index (χ1v) is 7.30. The van der Waals surface area contributed by atoms with Crippen molar-refractivity contribution in [2.75, 3.05) is 39.3 Å². The summed E-state index contributed by atoms with van der Waals surface area (Å²) in [6.45, 7) is 13.2. The van der Waals surface area contributed by atoms with Crippen LogP contribution in [0.3, 0.4) is 0 Å². The fourth-order valence-corrected chi connectivity index (χ4v) is 2.11. The Labute approximate surface area is 129 Å². The summed E-state index contributed by atoms with van der Waals surface area (Å²) in [5.74, 6) is 0.290. The van der Waals surface area contributed by atoms with Gasteiger partial charge in [0.15, 0.2) is 0 Å². The van der Waals surface area contributed by atoms with Crippen molar-refractivity contribution in [3.05, 3.63) is 0 Å². The Morgan fingerprint density at radius 2 is 1.70 bits per heavy atom. The molecule has 1 fully saturated rings. The second-order valence-electron chi connectivity index (χ2n) is 5.86. The van der Waals surface area contributed by atoms with E-state index in [0.717, 1.165) is 39.3 Å². The molecular formula is C14H30ClN3O2. The van der Waals surface area contributed by atoms with Gasteiger partial charge in [-0.1, -0.05) is 13.8 Å². The summed E-state index contributed by atoms with van der Waals surface area (Å²) in [7, 11) is 0. The van der Waals surface area contributed by atoms with Crippen LogP contribution < -0.4 is 5.73 Å². The highest BCUT2D eigenvalue weighted by Gasteiger charge is 2.26. The molecule has 0 aromatic heterocycles. The van der Waals surface area contributed by atoms with Crippen LogP contribution in [-0.2, 0) is 9.53 Å². The van der Waals surface area contributed by atoms with Gasteiger partial charge in [-0.3, -0.25) is 9.69 Å². The van der Waals surface area contributed by atoms with Crippen molar-refractivity contribution in [2.24, 2.45) is 11.7 Å². The van der Waals surface area contributed by atoms with Crippen LogP contribution >= 0.6 is 12.4 Å². The van der Waals surface area contributed by atoms with E-state index in [4.69, 9.17) is 10.5 Å². The predicted octanol–water partition coefficient (Wildman–Crippen LogP) is 0.961. The van der Waals surface area contributed by atoms with E-state index in [-0.39, 0.29) is 36.4 Å². The largest absolute Gasteiger partial charge is 0.377 e. The standard InChI is InChI=1S/C14H29N3O2.ClH/c1-11(2)13(15)14(18)17-7-5-16(6-8-17)9-10-19-12(3)4;/h11-13H,5-10,15H2,1-4H3;1H/t13-;/m0./s1. The van der Waals surface area contributed by atoms with Crippen LogP contribution in [0.15, 0.2) is 0 Å². The third-order valence-electron chi connectivity index (χ3n) is 3.55. The third-order valence-corrected chi connectivity index (χ3v) is 3.55. The van der Waals surface area contributed by atoms with Gasteiger partial charge in [-0.15, -0.1) is 12.4 Å². The topological polar surface area (TPSA) is 58.8 Å². The highest BCUT2D eigenvalue weighted by molar-refractivity contribution is 5.85. The van der Waals surface area contributed by atoms with Crippen molar-refractivity contribution < 1.29 is 9.53 Å². The number of nitrogens with zero attached hydrogens (tertiary/aromatic N) is 2. The first-order chi connectivity index (χ1) is 8.91. The molecule has 0 saturated carbocycles. The number of rotatable bonds is 6. The Kier molecular flexibility index (Phi) is 9.38. The second-order valence-corrected chi connectivity index (χ2v) is 5.86. The molecule has 1 rings (SSSR count). The van der Waals surface area contributed by atoms with Gasteiger partial charge < -0.3 is 15.4 Å². The van der Waals surface area contributed by atoms with Gasteiger partial charge in [0.1, 0.15) is 0 Å². The molecule has 1 amide bonds. The Bertz CT molecular complexity index is 280. The molecule has 0 radical (unpaired) electrons. The summed E-state index contributed by atoms with van der Waals surface area (Å²) < 4.78 is 5.55. The normalized spacial score (nSPS) is 18.2. The van der Waals surface area contributed by atoms with Gasteiger partial charge in [0.2, 0.25) is 5.91 Å². The molecule has 0 spiro atoms. The van der Waals surface area contributed by atoms with Gasteiger partial charge >= 0.3 is 0 Å². The number of ether oxygens (including phenoxy) is 1. The number of halogens is 1. The maximum absolute atomic E-state index is 12.1. The second kappa shape index (κ2) is 9.55. The Balaban J connectivity index is 0.00000361. The first-order valence-electron chi connectivity index (χ1n) is 7.30. The van der Waals surface area contributed by atoms with Crippen LogP contribution in [0.4, 0.5) is 0 Å². The summed E-state index contributed by atoms with van der Waals surface area (Å²) in [5.41, 5.74) is 5.91. The molecule has 0 aromatic carbocycles. The lowest BCUT2D eigenvalue weighted by atomic mass is 10.0. The van der Waals surface area contributed by atoms with E-state index in [1.165, 1.54) is 0 Å². The van der Waals surface area contributed by atoms with E-state index < -0.39 is 0 Å². The summed E-state index contributed by atoms with van der Waals surface area (Å²) in [5, 5.41) is 0. The van der Waals surface area contributed by atoms with Crippen LogP contribution in [-0.4, -0.2) is 67.2 Å². The first kappa shape index (κ1) is 19.6. The SMILES string of the molecule is CC(C)OCCN1CCN(C(=O)[C@@H](N)C(C)C)CC1.Cl. The van der Waals surface area contributed by atoms with E-state index in [0.29, 0.717) is 0 Å². The molecule has 0 unspecified atom stereocenters. The molecule has 120 valence electrons. The Morgan fingerprint density at radius 3 is 2.15 bits per heavy atom. The fraction of sp³-hybridized carbons (Fsp3) is 0.929. The van der Waals surface area contributed by atoms with Gasteiger partial charge in [-0.2, -0.15) is 0 Å². The van der Waals surface area contributed by atoms with Gasteiger partial charge in [-0.05, 0) is 19.8 Å². The summed E-state index contributed by atoms with van der Waals surface area (Å²) in [4.78, 5) is 16.3. The number of nitrogens with two attached hydrogens (primary N) is 1. The highest BCUT2D eigenvalue weighted by atomic mass is 35.5. The van der Waals surface area contributed by atoms with Crippen molar-refractivity contribution >= 4 is 18.3 Å². The van der Waals surface area contributed by atoms with E-state index in [1.807, 2.05) is 32.6 Å². The van der Waals surface area contributed by atoms with Crippen LogP contribution in [0.25, 0.3) is 0 Å². The number of hydrogen-bond acceptors (Lipinski definition) is 4. The van der Waals surface area contributed by atoms with Crippen LogP contribution in [0, 0.1) is 5.92 Å². The minimum atomic E-state index is -0.365. The molecule has 6 heteroatoms. The predicted molar refractivity (Wildman–Crippen MR) is 84.2 cm³/mol. The molecule has 0 aliphatic carbocycles. The third kappa shape index (κ3) is 6.39. The smallest absolute Gasteiger partial charge is 0.239 e. The summed E-state index contributed by atoms with van der Waals surface area (Å²) in [6.07, 6.45) is 0.284. The van der Waals surface area contributed by atoms with Crippen molar-refractivity contribution in [1.29, 1.82) is 0 Å². The lowest BCUT2D eigenvalue weighted by Crippen LogP contribution is -2.54. The maximum Gasteiger partial charge on any atom is 0.239 e. The molecule has 0 aromatic rings. The molecule has 1 aliphatic heterocycles. The van der Waals surface area contributed by atoms with Gasteiger partial charge in [0, 0.05) is 32.7 Å². The summed E-state index contributed by atoms with van der Waals surface area (Å²) >= 11 is 0. The van der Waals surface area contributed by atoms with Crippen LogP contribution in [0.5, 0.6) is 0 Å². The highest BCUT2D eigenvalue weighted by Crippen LogP contribution is 2.07. The van der Waals surface area contributed by atoms with Gasteiger partial charge in [0.05, 0.1) is 18.8 Å². The van der Waals surface area contributed by atoms with E-state index in [2.05, 4.69) is 4.90 Å². The molecule has 2 N–H and O–H groups in total. The lowest BCUT2D eigenvalue weighted by molar-refractivity contribution is -0.135. The van der Waals surface area contributed by atoms with E-state index >= 15 is 0 Å². The number of piperazine rings is 1. The molecule has 5 nitrogen and oxygen atoms in total. The molecular weight excluding hydrogens is 278 g/mol. The molecule has 1 heterocycles. The Morgan fingerprint density at radius 1 is 1.15 bits per heavy atom. The van der Waals surface area contributed by atoms with Gasteiger partial charge in [0.25, 0.3) is 0 Å². The van der Waals surface area contributed by atoms with Crippen molar-refractivity contribution in [3.63, 3.8) is 0 Å². The van der Waals surface area contributed by atoms with Crippen LogP contribution in [0.2, 0.25) is 0 Å². The van der Waals surface area contributed by atoms with E-state index in [9.17, 15) is 4.79 Å². The average molecular weight is 308 g/mol. The van der Waals surface area contributed by atoms with Crippen molar-refractivity contribution in [2.45, 2.75) is 39.8 Å². The van der Waals surface area contributed by atoms with Gasteiger partial charge in [-0.25, -0.2) is 0 Å².